The Morgan fingerprint density at radius 1 is 1.14 bits per heavy atom. The van der Waals surface area contributed by atoms with Crippen molar-refractivity contribution < 1.29 is 23.8 Å². The molecule has 188 valence electrons. The molecule has 2 aromatic carbocycles. The number of amides is 1. The van der Waals surface area contributed by atoms with Crippen molar-refractivity contribution in [3.05, 3.63) is 48.4 Å². The number of hydrogen-bond donors (Lipinski definition) is 1. The Bertz CT molecular complexity index is 1440. The minimum absolute atomic E-state index is 0.0582. The number of halogens is 1. The average Bonchev–Trinajstić information content (AvgIpc) is 3.20. The van der Waals surface area contributed by atoms with E-state index in [0.717, 1.165) is 10.9 Å². The minimum atomic E-state index is -0.936. The van der Waals surface area contributed by atoms with Crippen LogP contribution in [0.5, 0.6) is 5.75 Å². The van der Waals surface area contributed by atoms with Crippen LogP contribution >= 0.6 is 0 Å². The SMILES string of the molecule is COCOc1cc2nn(C)cc2cc1-c1ccc2cc(N3CC(C)N(C(=O)O)C(C)C3)cc(F)c2n1. The van der Waals surface area contributed by atoms with E-state index in [-0.39, 0.29) is 24.4 Å². The highest BCUT2D eigenvalue weighted by molar-refractivity contribution is 5.90. The molecule has 0 spiro atoms. The second-order valence-electron chi connectivity index (χ2n) is 9.25. The maximum Gasteiger partial charge on any atom is 0.407 e. The lowest BCUT2D eigenvalue weighted by Crippen LogP contribution is -2.58. The van der Waals surface area contributed by atoms with Crippen LogP contribution in [0.25, 0.3) is 33.1 Å². The maximum atomic E-state index is 15.4. The van der Waals surface area contributed by atoms with E-state index >= 15 is 4.39 Å². The van der Waals surface area contributed by atoms with E-state index in [1.807, 2.05) is 62.3 Å². The molecule has 0 bridgehead atoms. The molecule has 9 nitrogen and oxygen atoms in total. The smallest absolute Gasteiger partial charge is 0.407 e. The molecule has 1 fully saturated rings. The number of rotatable bonds is 5. The van der Waals surface area contributed by atoms with Gasteiger partial charge in [-0.15, -0.1) is 0 Å². The van der Waals surface area contributed by atoms with Crippen molar-refractivity contribution in [2.24, 2.45) is 7.05 Å². The standard InChI is InChI=1S/C26H28FN5O4/c1-15-11-31(12-16(2)32(15)26(33)34)19-7-17-5-6-22(28-25(17)21(27)9-19)20-8-18-13-30(3)29-23(18)10-24(20)36-14-35-4/h5-10,13,15-16H,11-12,14H2,1-4H3,(H,33,34). The van der Waals surface area contributed by atoms with Gasteiger partial charge in [0.1, 0.15) is 11.3 Å². The number of aryl methyl sites for hydroxylation is 1. The van der Waals surface area contributed by atoms with E-state index in [1.165, 1.54) is 11.0 Å². The van der Waals surface area contributed by atoms with Crippen molar-refractivity contribution >= 4 is 33.6 Å². The van der Waals surface area contributed by atoms with Gasteiger partial charge in [-0.25, -0.2) is 14.2 Å². The quantitative estimate of drug-likeness (QED) is 0.410. The summed E-state index contributed by atoms with van der Waals surface area (Å²) in [5.41, 5.74) is 3.02. The number of carbonyl (C=O) groups is 1. The van der Waals surface area contributed by atoms with E-state index < -0.39 is 11.9 Å². The summed E-state index contributed by atoms with van der Waals surface area (Å²) >= 11 is 0. The van der Waals surface area contributed by atoms with Crippen molar-refractivity contribution in [3.8, 4) is 17.0 Å². The van der Waals surface area contributed by atoms with Gasteiger partial charge >= 0.3 is 6.09 Å². The van der Waals surface area contributed by atoms with E-state index in [9.17, 15) is 9.90 Å². The zero-order chi connectivity index (χ0) is 25.6. The number of anilines is 1. The monoisotopic (exact) mass is 493 g/mol. The molecule has 10 heteroatoms. The number of aromatic nitrogens is 3. The van der Waals surface area contributed by atoms with Crippen molar-refractivity contribution in [1.82, 2.24) is 19.7 Å². The van der Waals surface area contributed by atoms with Gasteiger partial charge in [-0.05, 0) is 38.1 Å². The third-order valence-corrected chi connectivity index (χ3v) is 6.56. The summed E-state index contributed by atoms with van der Waals surface area (Å²) in [6.45, 7) is 4.76. The summed E-state index contributed by atoms with van der Waals surface area (Å²) < 4.78 is 28.0. The van der Waals surface area contributed by atoms with Crippen LogP contribution in [0.2, 0.25) is 0 Å². The summed E-state index contributed by atoms with van der Waals surface area (Å²) in [4.78, 5) is 19.7. The maximum absolute atomic E-state index is 15.4. The number of pyridine rings is 1. The molecular weight excluding hydrogens is 465 g/mol. The minimum Gasteiger partial charge on any atom is -0.467 e. The molecule has 1 saturated heterocycles. The molecule has 0 radical (unpaired) electrons. The van der Waals surface area contributed by atoms with Crippen LogP contribution in [-0.4, -0.2) is 69.9 Å². The average molecular weight is 494 g/mol. The number of ether oxygens (including phenoxy) is 2. The molecule has 3 heterocycles. The van der Waals surface area contributed by atoms with Crippen LogP contribution in [0.3, 0.4) is 0 Å². The van der Waals surface area contributed by atoms with E-state index in [2.05, 4.69) is 10.1 Å². The van der Waals surface area contributed by atoms with Gasteiger partial charge < -0.3 is 19.5 Å². The van der Waals surface area contributed by atoms with Gasteiger partial charge in [0.25, 0.3) is 0 Å². The Balaban J connectivity index is 1.52. The van der Waals surface area contributed by atoms with Crippen LogP contribution in [0.1, 0.15) is 13.8 Å². The van der Waals surface area contributed by atoms with Gasteiger partial charge in [0.05, 0.1) is 23.3 Å². The van der Waals surface area contributed by atoms with Crippen molar-refractivity contribution in [1.29, 1.82) is 0 Å². The van der Waals surface area contributed by atoms with Gasteiger partial charge in [-0.2, -0.15) is 5.10 Å². The molecule has 2 aromatic heterocycles. The third-order valence-electron chi connectivity index (χ3n) is 6.56. The lowest BCUT2D eigenvalue weighted by atomic mass is 10.0. The molecule has 0 saturated carbocycles. The molecule has 1 aliphatic heterocycles. The predicted octanol–water partition coefficient (Wildman–Crippen LogP) is 4.49. The zero-order valence-electron chi connectivity index (χ0n) is 20.6. The lowest BCUT2D eigenvalue weighted by molar-refractivity contribution is 0.0516. The van der Waals surface area contributed by atoms with Gasteiger partial charge in [0, 0.05) is 61.5 Å². The summed E-state index contributed by atoms with van der Waals surface area (Å²) in [6, 6.07) is 10.4. The van der Waals surface area contributed by atoms with E-state index in [0.29, 0.717) is 41.2 Å². The molecule has 5 rings (SSSR count). The van der Waals surface area contributed by atoms with Gasteiger partial charge in [0.15, 0.2) is 12.6 Å². The second kappa shape index (κ2) is 9.27. The van der Waals surface area contributed by atoms with Gasteiger partial charge in [0.2, 0.25) is 0 Å². The molecule has 2 atom stereocenters. The Hall–Kier alpha value is -3.92. The lowest BCUT2D eigenvalue weighted by Gasteiger charge is -2.44. The third kappa shape index (κ3) is 4.28. The topological polar surface area (TPSA) is 93.0 Å². The number of hydrogen-bond acceptors (Lipinski definition) is 6. The van der Waals surface area contributed by atoms with Crippen LogP contribution in [0.15, 0.2) is 42.6 Å². The fraction of sp³-hybridized carbons (Fsp3) is 0.346. The molecule has 0 aliphatic carbocycles. The van der Waals surface area contributed by atoms with E-state index in [1.54, 1.807) is 11.8 Å². The predicted molar refractivity (Wildman–Crippen MR) is 135 cm³/mol. The highest BCUT2D eigenvalue weighted by Crippen LogP contribution is 2.35. The van der Waals surface area contributed by atoms with E-state index in [4.69, 9.17) is 9.47 Å². The molecule has 1 amide bonds. The first-order valence-electron chi connectivity index (χ1n) is 11.7. The van der Waals surface area contributed by atoms with Crippen molar-refractivity contribution in [2.45, 2.75) is 25.9 Å². The Morgan fingerprint density at radius 3 is 2.58 bits per heavy atom. The zero-order valence-corrected chi connectivity index (χ0v) is 20.6. The molecule has 1 aliphatic rings. The van der Waals surface area contributed by atoms with Crippen molar-refractivity contribution in [3.63, 3.8) is 0 Å². The highest BCUT2D eigenvalue weighted by atomic mass is 19.1. The van der Waals surface area contributed by atoms with Gasteiger partial charge in [-0.1, -0.05) is 6.07 Å². The number of methoxy groups -OCH3 is 1. The summed E-state index contributed by atoms with van der Waals surface area (Å²) in [5, 5.41) is 15.5. The number of benzene rings is 2. The van der Waals surface area contributed by atoms with Gasteiger partial charge in [-0.3, -0.25) is 9.58 Å². The first kappa shape index (κ1) is 23.8. The first-order valence-corrected chi connectivity index (χ1v) is 11.7. The highest BCUT2D eigenvalue weighted by Gasteiger charge is 2.33. The number of piperazine rings is 1. The normalized spacial score (nSPS) is 18.2. The Labute approximate surface area is 207 Å². The molecule has 4 aromatic rings. The Morgan fingerprint density at radius 2 is 1.89 bits per heavy atom. The second-order valence-corrected chi connectivity index (χ2v) is 9.25. The van der Waals surface area contributed by atoms with Crippen LogP contribution < -0.4 is 9.64 Å². The number of carboxylic acid groups (broad SMARTS) is 1. The Kier molecular flexibility index (Phi) is 6.13. The fourth-order valence-corrected chi connectivity index (χ4v) is 5.04. The van der Waals surface area contributed by atoms with Crippen LogP contribution in [-0.2, 0) is 11.8 Å². The summed E-state index contributed by atoms with van der Waals surface area (Å²) in [6.07, 6.45) is 0.966. The van der Waals surface area contributed by atoms with Crippen LogP contribution in [0, 0.1) is 5.82 Å². The number of nitrogens with zero attached hydrogens (tertiary/aromatic N) is 5. The van der Waals surface area contributed by atoms with Crippen molar-refractivity contribution in [2.75, 3.05) is 31.9 Å². The summed E-state index contributed by atoms with van der Waals surface area (Å²) in [7, 11) is 3.39. The number of fused-ring (bicyclic) bond motifs is 2. The molecular formula is C26H28FN5O4. The molecule has 1 N–H and O–H groups in total. The molecule has 36 heavy (non-hydrogen) atoms. The molecule has 2 unspecified atom stereocenters. The summed E-state index contributed by atoms with van der Waals surface area (Å²) in [5.74, 6) is 0.110. The fourth-order valence-electron chi connectivity index (χ4n) is 5.04. The van der Waals surface area contributed by atoms with Crippen LogP contribution in [0.4, 0.5) is 14.9 Å². The first-order chi connectivity index (χ1) is 17.2. The largest absolute Gasteiger partial charge is 0.467 e.